The van der Waals surface area contributed by atoms with Gasteiger partial charge in [0, 0.05) is 5.02 Å². The first-order valence-corrected chi connectivity index (χ1v) is 4.48. The van der Waals surface area contributed by atoms with Gasteiger partial charge in [-0.2, -0.15) is 0 Å². The van der Waals surface area contributed by atoms with E-state index >= 15 is 0 Å². The Bertz CT molecular complexity index is 446. The van der Waals surface area contributed by atoms with Gasteiger partial charge < -0.3 is 5.11 Å². The van der Waals surface area contributed by atoms with Gasteiger partial charge in [0.05, 0.1) is 12.1 Å². The predicted octanol–water partition coefficient (Wildman–Crippen LogP) is 1.84. The topological polar surface area (TPSA) is 66.8 Å². The van der Waals surface area contributed by atoms with Gasteiger partial charge in [0.2, 0.25) is 0 Å². The third-order valence-electron chi connectivity index (χ3n) is 2.00. The summed E-state index contributed by atoms with van der Waals surface area (Å²) in [6, 6.07) is 4.72. The highest BCUT2D eigenvalue weighted by atomic mass is 35.5. The van der Waals surface area contributed by atoms with Crippen LogP contribution in [-0.4, -0.2) is 17.2 Å². The average molecular weight is 228 g/mol. The first kappa shape index (κ1) is 9.79. The van der Waals surface area contributed by atoms with Crippen molar-refractivity contribution in [2.75, 3.05) is 5.06 Å². The summed E-state index contributed by atoms with van der Waals surface area (Å²) in [5, 5.41) is 9.69. The number of carboxylic acid groups (broad SMARTS) is 1. The van der Waals surface area contributed by atoms with Crippen LogP contribution < -0.4 is 5.06 Å². The lowest BCUT2D eigenvalue weighted by atomic mass is 10.2. The van der Waals surface area contributed by atoms with Gasteiger partial charge in [0.1, 0.15) is 0 Å². The number of carbonyl (C=O) groups is 2. The summed E-state index contributed by atoms with van der Waals surface area (Å²) in [7, 11) is 0. The first-order chi connectivity index (χ1) is 7.08. The minimum absolute atomic E-state index is 0.100. The number of hydrogen-bond donors (Lipinski definition) is 1. The second kappa shape index (κ2) is 3.43. The molecular weight excluding hydrogens is 222 g/mol. The van der Waals surface area contributed by atoms with Gasteiger partial charge in [-0.3, -0.25) is 9.63 Å². The normalized spacial score (nSPS) is 13.9. The molecule has 0 aliphatic carbocycles. The molecule has 15 heavy (non-hydrogen) atoms. The second-order valence-electron chi connectivity index (χ2n) is 3.00. The SMILES string of the molecule is O=C(O)ON1C(=O)Cc2cc(Cl)ccc21. The zero-order valence-electron chi connectivity index (χ0n) is 7.44. The molecule has 1 amide bonds. The molecule has 0 spiro atoms. The van der Waals surface area contributed by atoms with E-state index in [9.17, 15) is 9.59 Å². The summed E-state index contributed by atoms with van der Waals surface area (Å²) in [5.41, 5.74) is 1.08. The fourth-order valence-corrected chi connectivity index (χ4v) is 1.64. The maximum absolute atomic E-state index is 11.4. The van der Waals surface area contributed by atoms with E-state index in [0.717, 1.165) is 5.06 Å². The van der Waals surface area contributed by atoms with Crippen LogP contribution in [0.25, 0.3) is 0 Å². The summed E-state index contributed by atoms with van der Waals surface area (Å²) in [4.78, 5) is 26.1. The van der Waals surface area contributed by atoms with E-state index in [0.29, 0.717) is 16.3 Å². The Kier molecular flexibility index (Phi) is 2.24. The van der Waals surface area contributed by atoms with E-state index in [2.05, 4.69) is 4.84 Å². The van der Waals surface area contributed by atoms with Gasteiger partial charge in [-0.25, -0.2) is 4.79 Å². The number of hydrogen-bond acceptors (Lipinski definition) is 3. The molecule has 0 bridgehead atoms. The maximum atomic E-state index is 11.4. The molecular formula is C9H6ClNO4. The molecule has 0 radical (unpaired) electrons. The Hall–Kier alpha value is -1.75. The van der Waals surface area contributed by atoms with E-state index in [1.54, 1.807) is 18.2 Å². The van der Waals surface area contributed by atoms with Crippen molar-refractivity contribution in [2.45, 2.75) is 6.42 Å². The molecule has 0 unspecified atom stereocenters. The standard InChI is InChI=1S/C9H6ClNO4/c10-6-1-2-7-5(3-6)4-8(12)11(7)15-9(13)14/h1-3H,4H2,(H,13,14). The fourth-order valence-electron chi connectivity index (χ4n) is 1.44. The zero-order chi connectivity index (χ0) is 11.0. The number of anilines is 1. The van der Waals surface area contributed by atoms with Gasteiger partial charge in [-0.05, 0) is 23.8 Å². The van der Waals surface area contributed by atoms with Gasteiger partial charge >= 0.3 is 6.16 Å². The van der Waals surface area contributed by atoms with Crippen molar-refractivity contribution in [3.05, 3.63) is 28.8 Å². The molecule has 1 heterocycles. The Morgan fingerprint density at radius 2 is 2.27 bits per heavy atom. The number of halogens is 1. The molecule has 2 rings (SSSR count). The van der Waals surface area contributed by atoms with Gasteiger partial charge in [-0.15, -0.1) is 5.06 Å². The lowest BCUT2D eigenvalue weighted by Gasteiger charge is -2.13. The number of carbonyl (C=O) groups excluding carboxylic acids is 1. The largest absolute Gasteiger partial charge is 0.531 e. The molecule has 0 saturated heterocycles. The Balaban J connectivity index is 2.37. The van der Waals surface area contributed by atoms with Crippen LogP contribution in [0.2, 0.25) is 5.02 Å². The number of amides is 1. The minimum Gasteiger partial charge on any atom is -0.448 e. The summed E-state index contributed by atoms with van der Waals surface area (Å²) in [5.74, 6) is -0.422. The molecule has 6 heteroatoms. The monoisotopic (exact) mass is 227 g/mol. The first-order valence-electron chi connectivity index (χ1n) is 4.10. The molecule has 1 aliphatic heterocycles. The number of nitrogens with zero attached hydrogens (tertiary/aromatic N) is 1. The molecule has 5 nitrogen and oxygen atoms in total. The number of hydroxylamine groups is 1. The Morgan fingerprint density at radius 1 is 1.53 bits per heavy atom. The van der Waals surface area contributed by atoms with Crippen LogP contribution >= 0.6 is 11.6 Å². The summed E-state index contributed by atoms with van der Waals surface area (Å²) in [6.07, 6.45) is -1.42. The maximum Gasteiger partial charge on any atom is 0.531 e. The Morgan fingerprint density at radius 3 is 2.93 bits per heavy atom. The third-order valence-corrected chi connectivity index (χ3v) is 2.23. The number of benzene rings is 1. The quantitative estimate of drug-likeness (QED) is 0.795. The lowest BCUT2D eigenvalue weighted by molar-refractivity contribution is -0.122. The van der Waals surface area contributed by atoms with Crippen molar-refractivity contribution in [1.29, 1.82) is 0 Å². The van der Waals surface area contributed by atoms with Crippen molar-refractivity contribution >= 4 is 29.4 Å². The van der Waals surface area contributed by atoms with Crippen molar-refractivity contribution in [3.63, 3.8) is 0 Å². The third kappa shape index (κ3) is 1.73. The van der Waals surface area contributed by atoms with Crippen LogP contribution in [-0.2, 0) is 16.1 Å². The highest BCUT2D eigenvalue weighted by molar-refractivity contribution is 6.30. The molecule has 0 atom stereocenters. The highest BCUT2D eigenvalue weighted by Gasteiger charge is 2.30. The van der Waals surface area contributed by atoms with Crippen molar-refractivity contribution in [1.82, 2.24) is 0 Å². The highest BCUT2D eigenvalue weighted by Crippen LogP contribution is 2.31. The van der Waals surface area contributed by atoms with E-state index in [4.69, 9.17) is 16.7 Å². The fraction of sp³-hybridized carbons (Fsp3) is 0.111. The molecule has 0 aromatic heterocycles. The van der Waals surface area contributed by atoms with Crippen LogP contribution in [0.3, 0.4) is 0 Å². The number of fused-ring (bicyclic) bond motifs is 1. The molecule has 0 saturated carbocycles. The molecule has 1 aromatic rings. The predicted molar refractivity (Wildman–Crippen MR) is 51.8 cm³/mol. The van der Waals surface area contributed by atoms with E-state index in [1.165, 1.54) is 0 Å². The molecule has 1 aromatic carbocycles. The summed E-state index contributed by atoms with van der Waals surface area (Å²) < 4.78 is 0. The summed E-state index contributed by atoms with van der Waals surface area (Å²) in [6.45, 7) is 0. The van der Waals surface area contributed by atoms with E-state index < -0.39 is 12.1 Å². The molecule has 0 fully saturated rings. The Labute approximate surface area is 89.8 Å². The molecule has 1 N–H and O–H groups in total. The van der Waals surface area contributed by atoms with E-state index in [1.807, 2.05) is 0 Å². The number of rotatable bonds is 1. The molecule has 78 valence electrons. The van der Waals surface area contributed by atoms with Gasteiger partial charge in [0.15, 0.2) is 0 Å². The van der Waals surface area contributed by atoms with Crippen LogP contribution in [0.15, 0.2) is 18.2 Å². The lowest BCUT2D eigenvalue weighted by Crippen LogP contribution is -2.29. The second-order valence-corrected chi connectivity index (χ2v) is 3.43. The average Bonchev–Trinajstić information content (AvgIpc) is 2.41. The molecule has 1 aliphatic rings. The minimum atomic E-state index is -1.52. The van der Waals surface area contributed by atoms with Gasteiger partial charge in [-0.1, -0.05) is 11.6 Å². The smallest absolute Gasteiger partial charge is 0.448 e. The van der Waals surface area contributed by atoms with Crippen molar-refractivity contribution in [3.8, 4) is 0 Å². The van der Waals surface area contributed by atoms with Crippen LogP contribution in [0.1, 0.15) is 5.56 Å². The summed E-state index contributed by atoms with van der Waals surface area (Å²) >= 11 is 5.74. The van der Waals surface area contributed by atoms with Crippen LogP contribution in [0.4, 0.5) is 10.5 Å². The van der Waals surface area contributed by atoms with Crippen LogP contribution in [0, 0.1) is 0 Å². The van der Waals surface area contributed by atoms with Crippen molar-refractivity contribution in [2.24, 2.45) is 0 Å². The van der Waals surface area contributed by atoms with Crippen molar-refractivity contribution < 1.29 is 19.5 Å². The van der Waals surface area contributed by atoms with E-state index in [-0.39, 0.29) is 6.42 Å². The van der Waals surface area contributed by atoms with Crippen LogP contribution in [0.5, 0.6) is 0 Å². The zero-order valence-corrected chi connectivity index (χ0v) is 8.19. The van der Waals surface area contributed by atoms with Gasteiger partial charge in [0.25, 0.3) is 5.91 Å².